The summed E-state index contributed by atoms with van der Waals surface area (Å²) in [4.78, 5) is 19.0. The van der Waals surface area contributed by atoms with Gasteiger partial charge in [0, 0.05) is 23.5 Å². The van der Waals surface area contributed by atoms with E-state index < -0.39 is 5.41 Å². The van der Waals surface area contributed by atoms with Crippen molar-refractivity contribution in [2.24, 2.45) is 0 Å². The highest BCUT2D eigenvalue weighted by molar-refractivity contribution is 5.97. The van der Waals surface area contributed by atoms with Crippen LogP contribution in [0, 0.1) is 13.8 Å². The molecule has 8 aromatic rings. The van der Waals surface area contributed by atoms with Crippen molar-refractivity contribution in [3.63, 3.8) is 0 Å². The van der Waals surface area contributed by atoms with Gasteiger partial charge in [0.05, 0.1) is 5.41 Å². The first-order valence-corrected chi connectivity index (χ1v) is 17.4. The average Bonchev–Trinajstić information content (AvgIpc) is 3.65. The fourth-order valence-electron chi connectivity index (χ4n) is 8.52. The van der Waals surface area contributed by atoms with Gasteiger partial charge in [-0.15, -0.1) is 0 Å². The standard InChI is InChI=1S/C47H32N4/c1-29-28-48-25-24-34(29)36-15-7-6-14-35(36)32-20-22-39-37-16-8-10-18-41(37)47(43(39)26-32)42-19-11-9-17-38(42)40-23-21-33(27-44(40)47)46-50-30(2)49-45(51-46)31-12-4-3-5-13-31/h3-28H,1-2H3. The molecule has 0 amide bonds. The molecule has 2 aromatic heterocycles. The van der Waals surface area contributed by atoms with E-state index in [0.717, 1.165) is 16.7 Å². The Morgan fingerprint density at radius 1 is 0.392 bits per heavy atom. The van der Waals surface area contributed by atoms with Crippen molar-refractivity contribution in [3.05, 3.63) is 192 Å². The van der Waals surface area contributed by atoms with Crippen molar-refractivity contribution in [2.75, 3.05) is 0 Å². The monoisotopic (exact) mass is 652 g/mol. The predicted octanol–water partition coefficient (Wildman–Crippen LogP) is 10.9. The van der Waals surface area contributed by atoms with Crippen LogP contribution in [0.2, 0.25) is 0 Å². The predicted molar refractivity (Wildman–Crippen MR) is 205 cm³/mol. The molecule has 0 radical (unpaired) electrons. The quantitative estimate of drug-likeness (QED) is 0.190. The number of benzene rings is 6. The lowest BCUT2D eigenvalue weighted by molar-refractivity contribution is 0.794. The molecule has 0 saturated carbocycles. The maximum Gasteiger partial charge on any atom is 0.163 e. The summed E-state index contributed by atoms with van der Waals surface area (Å²) >= 11 is 0. The van der Waals surface area contributed by atoms with Gasteiger partial charge in [0.15, 0.2) is 11.6 Å². The summed E-state index contributed by atoms with van der Waals surface area (Å²) in [7, 11) is 0. The zero-order valence-corrected chi connectivity index (χ0v) is 28.3. The second kappa shape index (κ2) is 11.3. The van der Waals surface area contributed by atoms with E-state index in [0.29, 0.717) is 17.5 Å². The van der Waals surface area contributed by atoms with Gasteiger partial charge in [0.25, 0.3) is 0 Å². The topological polar surface area (TPSA) is 51.6 Å². The molecule has 1 atom stereocenters. The highest BCUT2D eigenvalue weighted by Gasteiger charge is 2.51. The minimum Gasteiger partial charge on any atom is -0.264 e. The molecule has 0 aliphatic heterocycles. The molecule has 1 unspecified atom stereocenters. The number of hydrogen-bond acceptors (Lipinski definition) is 4. The number of fused-ring (bicyclic) bond motifs is 10. The van der Waals surface area contributed by atoms with Crippen LogP contribution in [0.3, 0.4) is 0 Å². The Morgan fingerprint density at radius 3 is 1.59 bits per heavy atom. The molecule has 2 aliphatic rings. The fourth-order valence-corrected chi connectivity index (χ4v) is 8.52. The molecule has 6 aromatic carbocycles. The third-order valence-electron chi connectivity index (χ3n) is 10.7. The van der Waals surface area contributed by atoms with Crippen LogP contribution in [0.25, 0.3) is 67.3 Å². The van der Waals surface area contributed by atoms with Crippen molar-refractivity contribution in [2.45, 2.75) is 19.3 Å². The molecule has 0 bridgehead atoms. The number of aromatic nitrogens is 4. The van der Waals surface area contributed by atoms with Gasteiger partial charge in [0.2, 0.25) is 0 Å². The molecule has 4 nitrogen and oxygen atoms in total. The molecule has 51 heavy (non-hydrogen) atoms. The van der Waals surface area contributed by atoms with Gasteiger partial charge in [-0.3, -0.25) is 4.98 Å². The highest BCUT2D eigenvalue weighted by atomic mass is 15.0. The Morgan fingerprint density at radius 2 is 0.922 bits per heavy atom. The number of nitrogens with zero attached hydrogens (tertiary/aromatic N) is 4. The van der Waals surface area contributed by atoms with E-state index in [9.17, 15) is 0 Å². The van der Waals surface area contributed by atoms with Crippen LogP contribution >= 0.6 is 0 Å². The molecule has 10 rings (SSSR count). The van der Waals surface area contributed by atoms with Crippen LogP contribution in [-0.4, -0.2) is 19.9 Å². The van der Waals surface area contributed by atoms with Gasteiger partial charge >= 0.3 is 0 Å². The van der Waals surface area contributed by atoms with Crippen LogP contribution in [-0.2, 0) is 5.41 Å². The van der Waals surface area contributed by atoms with Gasteiger partial charge in [-0.2, -0.15) is 0 Å². The Balaban J connectivity index is 1.23. The molecule has 240 valence electrons. The molecule has 0 saturated heterocycles. The number of aryl methyl sites for hydroxylation is 2. The summed E-state index contributed by atoms with van der Waals surface area (Å²) in [5, 5.41) is 0. The molecule has 2 aliphatic carbocycles. The van der Waals surface area contributed by atoms with Crippen LogP contribution in [0.4, 0.5) is 0 Å². The lowest BCUT2D eigenvalue weighted by Crippen LogP contribution is -2.26. The lowest BCUT2D eigenvalue weighted by atomic mass is 9.70. The Labute approximate surface area is 297 Å². The Bertz CT molecular complexity index is 2670. The number of rotatable bonds is 4. The van der Waals surface area contributed by atoms with E-state index in [1.165, 1.54) is 66.8 Å². The van der Waals surface area contributed by atoms with Crippen LogP contribution in [0.1, 0.15) is 33.6 Å². The lowest BCUT2D eigenvalue weighted by Gasteiger charge is -2.31. The zero-order valence-electron chi connectivity index (χ0n) is 28.3. The summed E-state index contributed by atoms with van der Waals surface area (Å²) in [6.07, 6.45) is 3.83. The third-order valence-corrected chi connectivity index (χ3v) is 10.7. The molecule has 2 heterocycles. The first-order valence-electron chi connectivity index (χ1n) is 17.4. The molecule has 0 N–H and O–H groups in total. The molecular weight excluding hydrogens is 621 g/mol. The van der Waals surface area contributed by atoms with Gasteiger partial charge < -0.3 is 0 Å². The van der Waals surface area contributed by atoms with E-state index in [4.69, 9.17) is 15.0 Å². The van der Waals surface area contributed by atoms with Gasteiger partial charge in [-0.05, 0) is 104 Å². The van der Waals surface area contributed by atoms with E-state index in [-0.39, 0.29) is 0 Å². The zero-order chi connectivity index (χ0) is 34.1. The van der Waals surface area contributed by atoms with Crippen LogP contribution in [0.15, 0.2) is 158 Å². The summed E-state index contributed by atoms with van der Waals surface area (Å²) in [6.45, 7) is 4.08. The summed E-state index contributed by atoms with van der Waals surface area (Å²) in [6, 6.07) is 52.7. The molecule has 1 spiro atoms. The van der Waals surface area contributed by atoms with Gasteiger partial charge in [0.1, 0.15) is 5.82 Å². The number of hydrogen-bond donors (Lipinski definition) is 0. The fraction of sp³-hybridized carbons (Fsp3) is 0.0638. The van der Waals surface area contributed by atoms with E-state index >= 15 is 0 Å². The van der Waals surface area contributed by atoms with E-state index in [1.807, 2.05) is 49.6 Å². The largest absolute Gasteiger partial charge is 0.264 e. The molecule has 4 heteroatoms. The highest BCUT2D eigenvalue weighted by Crippen LogP contribution is 2.63. The van der Waals surface area contributed by atoms with Gasteiger partial charge in [-0.1, -0.05) is 127 Å². The van der Waals surface area contributed by atoms with E-state index in [1.54, 1.807) is 0 Å². The summed E-state index contributed by atoms with van der Waals surface area (Å²) < 4.78 is 0. The van der Waals surface area contributed by atoms with Crippen molar-refractivity contribution in [1.82, 2.24) is 19.9 Å². The second-order valence-corrected chi connectivity index (χ2v) is 13.5. The van der Waals surface area contributed by atoms with E-state index in [2.05, 4.69) is 127 Å². The Kier molecular flexibility index (Phi) is 6.49. The average molecular weight is 653 g/mol. The van der Waals surface area contributed by atoms with Crippen LogP contribution in [0.5, 0.6) is 0 Å². The molecule has 0 fully saturated rings. The summed E-state index contributed by atoms with van der Waals surface area (Å²) in [5.41, 5.74) is 17.6. The minimum absolute atomic E-state index is 0.518. The number of pyridine rings is 1. The first-order chi connectivity index (χ1) is 25.1. The maximum absolute atomic E-state index is 5.03. The summed E-state index contributed by atoms with van der Waals surface area (Å²) in [5.74, 6) is 2.06. The van der Waals surface area contributed by atoms with Crippen molar-refractivity contribution in [3.8, 4) is 67.3 Å². The van der Waals surface area contributed by atoms with Gasteiger partial charge in [-0.25, -0.2) is 15.0 Å². The minimum atomic E-state index is -0.518. The molecular formula is C47H32N4. The third kappa shape index (κ3) is 4.33. The van der Waals surface area contributed by atoms with Crippen LogP contribution < -0.4 is 0 Å². The van der Waals surface area contributed by atoms with Crippen molar-refractivity contribution < 1.29 is 0 Å². The second-order valence-electron chi connectivity index (χ2n) is 13.5. The maximum atomic E-state index is 5.03. The first kappa shape index (κ1) is 29.4. The SMILES string of the molecule is Cc1nc(-c2ccccc2)nc(-c2ccc3c(c2)C2(c4ccccc4-3)c3ccccc3-c3ccc(-c4ccccc4-c4ccncc4C)cc32)n1. The normalized spacial score (nSPS) is 14.9. The Hall–Kier alpha value is -6.52. The van der Waals surface area contributed by atoms with Crippen molar-refractivity contribution in [1.29, 1.82) is 0 Å². The smallest absolute Gasteiger partial charge is 0.163 e. The van der Waals surface area contributed by atoms with Crippen molar-refractivity contribution >= 4 is 0 Å².